The average molecular weight is 478 g/mol. The van der Waals surface area contributed by atoms with Crippen LogP contribution in [0.4, 0.5) is 17.5 Å². The molecule has 1 aliphatic heterocycles. The molecule has 1 aromatic carbocycles. The van der Waals surface area contributed by atoms with Crippen LogP contribution in [0, 0.1) is 11.8 Å². The molecule has 0 aliphatic carbocycles. The van der Waals surface area contributed by atoms with Gasteiger partial charge in [-0.05, 0) is 58.8 Å². The summed E-state index contributed by atoms with van der Waals surface area (Å²) >= 11 is 3.39. The molecule has 0 bridgehead atoms. The molecule has 2 aromatic rings. The molecule has 1 saturated heterocycles. The molecule has 2 heterocycles. The zero-order valence-electron chi connectivity index (χ0n) is 17.5. The van der Waals surface area contributed by atoms with Crippen molar-refractivity contribution in [1.29, 1.82) is 0 Å². The van der Waals surface area contributed by atoms with Gasteiger partial charge >= 0.3 is 0 Å². The third kappa shape index (κ3) is 5.02. The number of nitrogens with zero attached hydrogens (tertiary/aromatic N) is 3. The lowest BCUT2D eigenvalue weighted by Gasteiger charge is -2.34. The van der Waals surface area contributed by atoms with Crippen molar-refractivity contribution >= 4 is 39.3 Å². The summed E-state index contributed by atoms with van der Waals surface area (Å²) in [6.45, 7) is 3.67. The normalized spacial score (nSPS) is 15.6. The number of hydrogen-bond donors (Lipinski definition) is 3. The van der Waals surface area contributed by atoms with E-state index in [-0.39, 0.29) is 18.4 Å². The molecule has 9 heteroatoms. The number of ether oxygens (including phenoxy) is 1. The summed E-state index contributed by atoms with van der Waals surface area (Å²) in [7, 11) is 3.35. The molecule has 30 heavy (non-hydrogen) atoms. The Hall–Kier alpha value is -2.39. The van der Waals surface area contributed by atoms with Crippen molar-refractivity contribution in [3.05, 3.63) is 34.4 Å². The number of benzene rings is 1. The van der Waals surface area contributed by atoms with Crippen LogP contribution < -0.4 is 15.4 Å². The van der Waals surface area contributed by atoms with Crippen LogP contribution in [0.5, 0.6) is 5.75 Å². The van der Waals surface area contributed by atoms with E-state index in [2.05, 4.69) is 43.5 Å². The Morgan fingerprint density at radius 2 is 2.13 bits per heavy atom. The maximum atomic E-state index is 13.0. The van der Waals surface area contributed by atoms with Gasteiger partial charge in [-0.2, -0.15) is 4.98 Å². The second kappa shape index (κ2) is 10.1. The van der Waals surface area contributed by atoms with E-state index >= 15 is 0 Å². The highest BCUT2D eigenvalue weighted by Gasteiger charge is 2.27. The van der Waals surface area contributed by atoms with Gasteiger partial charge in [0.2, 0.25) is 5.95 Å². The molecule has 1 unspecified atom stereocenters. The van der Waals surface area contributed by atoms with E-state index in [4.69, 9.17) is 4.74 Å². The van der Waals surface area contributed by atoms with Crippen molar-refractivity contribution in [3.63, 3.8) is 0 Å². The lowest BCUT2D eigenvalue weighted by molar-refractivity contribution is 0.0632. The SMILES string of the molecule is CNc1nc(Nc2ccc(C(=O)N3CCC(C(C)CO)CC3)cc2OC)ncc1Br. The number of aliphatic hydroxyl groups is 1. The van der Waals surface area contributed by atoms with E-state index < -0.39 is 0 Å². The number of hydrogen-bond acceptors (Lipinski definition) is 7. The highest BCUT2D eigenvalue weighted by Crippen LogP contribution is 2.31. The molecule has 3 N–H and O–H groups in total. The van der Waals surface area contributed by atoms with E-state index in [1.807, 2.05) is 4.90 Å². The van der Waals surface area contributed by atoms with Crippen molar-refractivity contribution in [1.82, 2.24) is 14.9 Å². The second-order valence-electron chi connectivity index (χ2n) is 7.47. The molecule has 1 amide bonds. The van der Waals surface area contributed by atoms with Crippen molar-refractivity contribution in [3.8, 4) is 5.75 Å². The van der Waals surface area contributed by atoms with Crippen LogP contribution in [0.1, 0.15) is 30.1 Å². The van der Waals surface area contributed by atoms with Gasteiger partial charge in [0.1, 0.15) is 11.6 Å². The molecular formula is C21H28BrN5O3. The van der Waals surface area contributed by atoms with Gasteiger partial charge in [0.15, 0.2) is 0 Å². The van der Waals surface area contributed by atoms with E-state index in [0.29, 0.717) is 47.8 Å². The largest absolute Gasteiger partial charge is 0.495 e. The van der Waals surface area contributed by atoms with Gasteiger partial charge in [0.25, 0.3) is 5.91 Å². The van der Waals surface area contributed by atoms with Crippen LogP contribution in [0.3, 0.4) is 0 Å². The van der Waals surface area contributed by atoms with Crippen molar-refractivity contribution in [2.24, 2.45) is 11.8 Å². The Balaban J connectivity index is 1.72. The highest BCUT2D eigenvalue weighted by molar-refractivity contribution is 9.10. The monoisotopic (exact) mass is 477 g/mol. The Bertz CT molecular complexity index is 887. The first kappa shape index (κ1) is 22.3. The number of carbonyl (C=O) groups is 1. The number of anilines is 3. The van der Waals surface area contributed by atoms with Gasteiger partial charge in [-0.25, -0.2) is 4.98 Å². The van der Waals surface area contributed by atoms with Crippen LogP contribution in [0.2, 0.25) is 0 Å². The van der Waals surface area contributed by atoms with Gasteiger partial charge in [0.05, 0.1) is 17.3 Å². The van der Waals surface area contributed by atoms with E-state index in [1.165, 1.54) is 0 Å². The lowest BCUT2D eigenvalue weighted by Crippen LogP contribution is -2.40. The van der Waals surface area contributed by atoms with Crippen LogP contribution >= 0.6 is 15.9 Å². The molecule has 0 spiro atoms. The lowest BCUT2D eigenvalue weighted by atomic mass is 9.86. The van der Waals surface area contributed by atoms with Gasteiger partial charge in [-0.15, -0.1) is 0 Å². The molecule has 1 atom stereocenters. The predicted octanol–water partition coefficient (Wildman–Crippen LogP) is 3.51. The number of likely N-dealkylation sites (tertiary alicyclic amines) is 1. The smallest absolute Gasteiger partial charge is 0.253 e. The summed E-state index contributed by atoms with van der Waals surface area (Å²) in [6.07, 6.45) is 3.49. The fraction of sp³-hybridized carbons (Fsp3) is 0.476. The summed E-state index contributed by atoms with van der Waals surface area (Å²) in [5, 5.41) is 15.5. The summed E-state index contributed by atoms with van der Waals surface area (Å²) in [5.74, 6) is 2.36. The van der Waals surface area contributed by atoms with Crippen molar-refractivity contribution in [2.45, 2.75) is 19.8 Å². The van der Waals surface area contributed by atoms with Gasteiger partial charge in [-0.3, -0.25) is 4.79 Å². The zero-order chi connectivity index (χ0) is 21.7. The number of methoxy groups -OCH3 is 1. The Labute approximate surface area is 185 Å². The number of aromatic nitrogens is 2. The average Bonchev–Trinajstić information content (AvgIpc) is 2.79. The third-order valence-corrected chi connectivity index (χ3v) is 6.18. The van der Waals surface area contributed by atoms with E-state index in [1.54, 1.807) is 38.6 Å². The predicted molar refractivity (Wildman–Crippen MR) is 120 cm³/mol. The first-order valence-corrected chi connectivity index (χ1v) is 10.8. The quantitative estimate of drug-likeness (QED) is 0.560. The third-order valence-electron chi connectivity index (χ3n) is 5.60. The first-order chi connectivity index (χ1) is 14.5. The maximum absolute atomic E-state index is 13.0. The van der Waals surface area contributed by atoms with Crippen LogP contribution in [-0.2, 0) is 0 Å². The van der Waals surface area contributed by atoms with Gasteiger partial charge < -0.3 is 25.4 Å². The first-order valence-electron chi connectivity index (χ1n) is 10.0. The minimum absolute atomic E-state index is 0.00712. The van der Waals surface area contributed by atoms with Crippen molar-refractivity contribution < 1.29 is 14.6 Å². The fourth-order valence-electron chi connectivity index (χ4n) is 3.65. The minimum Gasteiger partial charge on any atom is -0.495 e. The Morgan fingerprint density at radius 1 is 1.40 bits per heavy atom. The molecule has 162 valence electrons. The highest BCUT2D eigenvalue weighted by atomic mass is 79.9. The van der Waals surface area contributed by atoms with Crippen molar-refractivity contribution in [2.75, 3.05) is 44.5 Å². The van der Waals surface area contributed by atoms with Gasteiger partial charge in [0, 0.05) is 38.5 Å². The minimum atomic E-state index is -0.00712. The van der Waals surface area contributed by atoms with E-state index in [0.717, 1.165) is 17.3 Å². The van der Waals surface area contributed by atoms with Crippen LogP contribution in [0.15, 0.2) is 28.9 Å². The van der Waals surface area contributed by atoms with Crippen LogP contribution in [0.25, 0.3) is 0 Å². The number of carbonyl (C=O) groups excluding carboxylic acids is 1. The molecule has 0 saturated carbocycles. The number of rotatable bonds is 7. The summed E-state index contributed by atoms with van der Waals surface area (Å²) in [6, 6.07) is 5.33. The summed E-state index contributed by atoms with van der Waals surface area (Å²) in [5.41, 5.74) is 1.26. The maximum Gasteiger partial charge on any atom is 0.253 e. The molecule has 1 aliphatic rings. The second-order valence-corrected chi connectivity index (χ2v) is 8.32. The van der Waals surface area contributed by atoms with E-state index in [9.17, 15) is 9.90 Å². The Morgan fingerprint density at radius 3 is 2.77 bits per heavy atom. The summed E-state index contributed by atoms with van der Waals surface area (Å²) in [4.78, 5) is 23.5. The molecule has 3 rings (SSSR count). The molecule has 1 fully saturated rings. The number of piperidine rings is 1. The van der Waals surface area contributed by atoms with Gasteiger partial charge in [-0.1, -0.05) is 6.92 Å². The fourth-order valence-corrected chi connectivity index (χ4v) is 4.04. The number of halogens is 1. The molecular weight excluding hydrogens is 450 g/mol. The summed E-state index contributed by atoms with van der Waals surface area (Å²) < 4.78 is 6.26. The molecule has 8 nitrogen and oxygen atoms in total. The Kier molecular flexibility index (Phi) is 7.49. The number of nitrogens with one attached hydrogen (secondary N) is 2. The standard InChI is InChI=1S/C21H28BrN5O3/c1-13(12-28)14-6-8-27(9-7-14)20(29)15-4-5-17(18(10-15)30-3)25-21-24-11-16(22)19(23-2)26-21/h4-5,10-11,13-14,28H,6-9,12H2,1-3H3,(H2,23,24,25,26). The number of aliphatic hydroxyl groups excluding tert-OH is 1. The molecule has 0 radical (unpaired) electrons. The number of amides is 1. The van der Waals surface area contributed by atoms with Crippen LogP contribution in [-0.4, -0.2) is 59.7 Å². The zero-order valence-corrected chi connectivity index (χ0v) is 19.1. The molecule has 1 aromatic heterocycles. The topological polar surface area (TPSA) is 99.6 Å².